The third-order valence-electron chi connectivity index (χ3n) is 3.96. The van der Waals surface area contributed by atoms with Gasteiger partial charge in [-0.25, -0.2) is 9.78 Å². The van der Waals surface area contributed by atoms with Crippen LogP contribution in [0.4, 0.5) is 10.5 Å². The van der Waals surface area contributed by atoms with Crippen molar-refractivity contribution in [3.8, 4) is 0 Å². The van der Waals surface area contributed by atoms with Crippen LogP contribution in [0.1, 0.15) is 11.4 Å². The summed E-state index contributed by atoms with van der Waals surface area (Å²) in [4.78, 5) is 23.8. The van der Waals surface area contributed by atoms with Crippen LogP contribution < -0.4 is 5.32 Å². The first-order valence-electron chi connectivity index (χ1n) is 7.53. The number of nitrogens with one attached hydrogen (secondary N) is 2. The first-order chi connectivity index (χ1) is 10.7. The monoisotopic (exact) mass is 299 g/mol. The zero-order valence-corrected chi connectivity index (χ0v) is 12.7. The Morgan fingerprint density at radius 1 is 1.27 bits per heavy atom. The smallest absolute Gasteiger partial charge is 0.321 e. The van der Waals surface area contributed by atoms with E-state index in [0.29, 0.717) is 6.42 Å². The normalized spacial score (nSPS) is 15.8. The number of hydrogen-bond donors (Lipinski definition) is 2. The van der Waals surface area contributed by atoms with E-state index in [1.54, 1.807) is 12.4 Å². The van der Waals surface area contributed by atoms with Gasteiger partial charge in [0.25, 0.3) is 0 Å². The van der Waals surface area contributed by atoms with Gasteiger partial charge in [0.05, 0.1) is 0 Å². The van der Waals surface area contributed by atoms with Crippen LogP contribution in [0.25, 0.3) is 0 Å². The number of amides is 2. The Labute approximate surface area is 130 Å². The molecule has 2 heterocycles. The van der Waals surface area contributed by atoms with E-state index in [-0.39, 0.29) is 6.03 Å². The zero-order chi connectivity index (χ0) is 15.4. The summed E-state index contributed by atoms with van der Waals surface area (Å²) in [5, 5.41) is 3.03. The third kappa shape index (κ3) is 3.46. The maximum absolute atomic E-state index is 12.4. The molecule has 0 bridgehead atoms. The molecule has 22 heavy (non-hydrogen) atoms. The fourth-order valence-corrected chi connectivity index (χ4v) is 2.58. The Kier molecular flexibility index (Phi) is 4.39. The van der Waals surface area contributed by atoms with Crippen LogP contribution in [0.15, 0.2) is 36.7 Å². The van der Waals surface area contributed by atoms with E-state index in [1.165, 1.54) is 0 Å². The van der Waals surface area contributed by atoms with Gasteiger partial charge in [0.15, 0.2) is 0 Å². The second kappa shape index (κ2) is 6.62. The molecule has 0 spiro atoms. The second-order valence-corrected chi connectivity index (χ2v) is 5.59. The molecule has 1 aromatic carbocycles. The molecule has 1 fully saturated rings. The number of urea groups is 1. The Hall–Kier alpha value is -2.34. The molecule has 2 amide bonds. The molecule has 6 heteroatoms. The average Bonchev–Trinajstić information content (AvgIpc) is 3.03. The van der Waals surface area contributed by atoms with E-state index in [0.717, 1.165) is 43.3 Å². The summed E-state index contributed by atoms with van der Waals surface area (Å²) in [6.07, 6.45) is 4.22. The number of aromatic amines is 1. The molecule has 2 N–H and O–H groups in total. The van der Waals surface area contributed by atoms with E-state index in [2.05, 4.69) is 27.2 Å². The summed E-state index contributed by atoms with van der Waals surface area (Å²) in [5.74, 6) is 0.890. The lowest BCUT2D eigenvalue weighted by molar-refractivity contribution is 0.164. The lowest BCUT2D eigenvalue weighted by Crippen LogP contribution is -2.48. The van der Waals surface area contributed by atoms with Gasteiger partial charge < -0.3 is 20.1 Å². The average molecular weight is 299 g/mol. The SMILES string of the molecule is CN1CCN(C(=O)Nc2ccccc2Cc2ncc[nH]2)CC1. The molecule has 0 aliphatic carbocycles. The Bertz CT molecular complexity index is 617. The highest BCUT2D eigenvalue weighted by Crippen LogP contribution is 2.18. The highest BCUT2D eigenvalue weighted by atomic mass is 16.2. The van der Waals surface area contributed by atoms with E-state index in [9.17, 15) is 4.79 Å². The Morgan fingerprint density at radius 3 is 2.77 bits per heavy atom. The van der Waals surface area contributed by atoms with E-state index < -0.39 is 0 Å². The van der Waals surface area contributed by atoms with Crippen molar-refractivity contribution in [1.82, 2.24) is 19.8 Å². The zero-order valence-electron chi connectivity index (χ0n) is 12.7. The van der Waals surface area contributed by atoms with Crippen molar-refractivity contribution < 1.29 is 4.79 Å². The molecule has 1 aliphatic heterocycles. The minimum Gasteiger partial charge on any atom is -0.348 e. The topological polar surface area (TPSA) is 64.3 Å². The first kappa shape index (κ1) is 14.6. The van der Waals surface area contributed by atoms with Gasteiger partial charge in [0.2, 0.25) is 0 Å². The summed E-state index contributed by atoms with van der Waals surface area (Å²) < 4.78 is 0. The highest BCUT2D eigenvalue weighted by molar-refractivity contribution is 5.90. The van der Waals surface area contributed by atoms with Gasteiger partial charge in [-0.1, -0.05) is 18.2 Å². The molecule has 116 valence electrons. The number of piperazine rings is 1. The van der Waals surface area contributed by atoms with Gasteiger partial charge in [-0.15, -0.1) is 0 Å². The van der Waals surface area contributed by atoms with Crippen LogP contribution in [0, 0.1) is 0 Å². The minimum atomic E-state index is -0.0278. The molecule has 1 saturated heterocycles. The summed E-state index contributed by atoms with van der Waals surface area (Å²) in [7, 11) is 2.08. The van der Waals surface area contributed by atoms with Gasteiger partial charge >= 0.3 is 6.03 Å². The predicted octanol–water partition coefficient (Wildman–Crippen LogP) is 1.78. The van der Waals surface area contributed by atoms with Crippen molar-refractivity contribution in [2.75, 3.05) is 38.5 Å². The molecule has 2 aromatic rings. The maximum Gasteiger partial charge on any atom is 0.321 e. The number of hydrogen-bond acceptors (Lipinski definition) is 3. The van der Waals surface area contributed by atoms with Crippen molar-refractivity contribution in [1.29, 1.82) is 0 Å². The summed E-state index contributed by atoms with van der Waals surface area (Å²) in [5.41, 5.74) is 1.91. The van der Waals surface area contributed by atoms with Gasteiger partial charge in [-0.05, 0) is 18.7 Å². The summed E-state index contributed by atoms with van der Waals surface area (Å²) in [6, 6.07) is 7.84. The first-order valence-corrected chi connectivity index (χ1v) is 7.53. The van der Waals surface area contributed by atoms with E-state index in [4.69, 9.17) is 0 Å². The van der Waals surface area contributed by atoms with Crippen molar-refractivity contribution in [3.63, 3.8) is 0 Å². The van der Waals surface area contributed by atoms with E-state index in [1.807, 2.05) is 29.2 Å². The minimum absolute atomic E-state index is 0.0278. The number of likely N-dealkylation sites (N-methyl/N-ethyl adjacent to an activating group) is 1. The van der Waals surface area contributed by atoms with Gasteiger partial charge in [0, 0.05) is 50.7 Å². The number of aromatic nitrogens is 2. The molecule has 0 unspecified atom stereocenters. The molecule has 3 rings (SSSR count). The van der Waals surface area contributed by atoms with Crippen molar-refractivity contribution in [2.45, 2.75) is 6.42 Å². The molecular formula is C16H21N5O. The Morgan fingerprint density at radius 2 is 2.05 bits per heavy atom. The van der Waals surface area contributed by atoms with Crippen LogP contribution >= 0.6 is 0 Å². The molecule has 0 saturated carbocycles. The highest BCUT2D eigenvalue weighted by Gasteiger charge is 2.19. The molecular weight excluding hydrogens is 278 g/mol. The third-order valence-corrected chi connectivity index (χ3v) is 3.96. The summed E-state index contributed by atoms with van der Waals surface area (Å²) in [6.45, 7) is 3.37. The lowest BCUT2D eigenvalue weighted by atomic mass is 10.1. The quantitative estimate of drug-likeness (QED) is 0.908. The largest absolute Gasteiger partial charge is 0.348 e. The lowest BCUT2D eigenvalue weighted by Gasteiger charge is -2.32. The maximum atomic E-state index is 12.4. The van der Waals surface area contributed by atoms with Gasteiger partial charge in [-0.3, -0.25) is 0 Å². The van der Waals surface area contributed by atoms with Crippen LogP contribution in [0.5, 0.6) is 0 Å². The van der Waals surface area contributed by atoms with Crippen molar-refractivity contribution in [2.24, 2.45) is 0 Å². The van der Waals surface area contributed by atoms with Crippen LogP contribution in [-0.2, 0) is 6.42 Å². The number of nitrogens with zero attached hydrogens (tertiary/aromatic N) is 3. The molecule has 0 atom stereocenters. The number of carbonyl (C=O) groups excluding carboxylic acids is 1. The number of para-hydroxylation sites is 1. The van der Waals surface area contributed by atoms with Crippen LogP contribution in [0.2, 0.25) is 0 Å². The van der Waals surface area contributed by atoms with Crippen LogP contribution in [-0.4, -0.2) is 59.0 Å². The van der Waals surface area contributed by atoms with Gasteiger partial charge in [-0.2, -0.15) is 0 Å². The standard InChI is InChI=1S/C16H21N5O/c1-20-8-10-21(11-9-20)16(22)19-14-5-3-2-4-13(14)12-15-17-6-7-18-15/h2-7H,8-12H2,1H3,(H,17,18)(H,19,22). The molecule has 1 aliphatic rings. The van der Waals surface area contributed by atoms with Gasteiger partial charge in [0.1, 0.15) is 5.82 Å². The number of anilines is 1. The number of rotatable bonds is 3. The molecule has 0 radical (unpaired) electrons. The summed E-state index contributed by atoms with van der Waals surface area (Å²) >= 11 is 0. The predicted molar refractivity (Wildman–Crippen MR) is 85.9 cm³/mol. The number of H-pyrrole nitrogens is 1. The second-order valence-electron chi connectivity index (χ2n) is 5.59. The Balaban J connectivity index is 1.68. The van der Waals surface area contributed by atoms with Crippen molar-refractivity contribution in [3.05, 3.63) is 48.0 Å². The number of benzene rings is 1. The number of imidazole rings is 1. The van der Waals surface area contributed by atoms with Crippen LogP contribution in [0.3, 0.4) is 0 Å². The molecule has 1 aromatic heterocycles. The van der Waals surface area contributed by atoms with Crippen molar-refractivity contribution >= 4 is 11.7 Å². The fraction of sp³-hybridized carbons (Fsp3) is 0.375. The number of carbonyl (C=O) groups is 1. The fourth-order valence-electron chi connectivity index (χ4n) is 2.58. The van der Waals surface area contributed by atoms with E-state index >= 15 is 0 Å². The molecule has 6 nitrogen and oxygen atoms in total.